The fourth-order valence-corrected chi connectivity index (χ4v) is 11.8. The second-order valence-electron chi connectivity index (χ2n) is 10.0. The predicted octanol–water partition coefficient (Wildman–Crippen LogP) is 9.50. The van der Waals surface area contributed by atoms with E-state index in [1.165, 1.54) is 51.4 Å². The van der Waals surface area contributed by atoms with Gasteiger partial charge in [-0.1, -0.05) is 147 Å². The van der Waals surface area contributed by atoms with Crippen LogP contribution < -0.4 is 21.2 Å². The topological polar surface area (TPSA) is 0 Å². The molecule has 6 heteroatoms. The maximum absolute atomic E-state index is 4.70. The Hall–Kier alpha value is -0.667. The Labute approximate surface area is 269 Å². The van der Waals surface area contributed by atoms with E-state index in [4.69, 9.17) is 20.4 Å². The summed E-state index contributed by atoms with van der Waals surface area (Å²) in [6, 6.07) is 44.5. The van der Waals surface area contributed by atoms with Gasteiger partial charge in [-0.3, -0.25) is 0 Å². The molecule has 0 aliphatic heterocycles. The van der Waals surface area contributed by atoms with Crippen molar-refractivity contribution >= 4 is 57.4 Å². The maximum atomic E-state index is 4.70. The van der Waals surface area contributed by atoms with Crippen LogP contribution in [0.2, 0.25) is 0 Å². The molecule has 2 saturated carbocycles. The van der Waals surface area contributed by atoms with Crippen molar-refractivity contribution in [2.75, 3.05) is 0 Å². The van der Waals surface area contributed by atoms with E-state index in [-0.39, 0.29) is 32.9 Å². The summed E-state index contributed by atoms with van der Waals surface area (Å²) >= 11 is 0.569. The molecule has 216 valence electrons. The predicted molar refractivity (Wildman–Crippen MR) is 174 cm³/mol. The SMILES string of the molecule is [Cl][Ni][Cl].[Fe].c1ccc(P(c2ccccc2)C2CCCC2)cc1.c1ccc(P(c2ccccc2)C2CCCC2)cc1. The Morgan fingerprint density at radius 3 is 0.825 bits per heavy atom. The van der Waals surface area contributed by atoms with Crippen LogP contribution in [-0.4, -0.2) is 11.3 Å². The molecule has 0 nitrogen and oxygen atoms in total. The van der Waals surface area contributed by atoms with Gasteiger partial charge in [0.25, 0.3) is 0 Å². The first kappa shape index (κ1) is 33.8. The van der Waals surface area contributed by atoms with Gasteiger partial charge in [-0.15, -0.1) is 0 Å². The van der Waals surface area contributed by atoms with Gasteiger partial charge in [0.15, 0.2) is 0 Å². The first-order valence-corrected chi connectivity index (χ1v) is 19.5. The molecule has 40 heavy (non-hydrogen) atoms. The zero-order valence-electron chi connectivity index (χ0n) is 22.7. The van der Waals surface area contributed by atoms with Crippen LogP contribution >= 0.6 is 36.2 Å². The molecule has 2 fully saturated rings. The van der Waals surface area contributed by atoms with E-state index < -0.39 is 0 Å². The second kappa shape index (κ2) is 19.5. The minimum Gasteiger partial charge on any atom is -0.0622 e. The number of hydrogen-bond donors (Lipinski definition) is 0. The molecule has 0 radical (unpaired) electrons. The van der Waals surface area contributed by atoms with E-state index in [0.29, 0.717) is 12.7 Å². The van der Waals surface area contributed by atoms with Crippen LogP contribution in [0.1, 0.15) is 51.4 Å². The Morgan fingerprint density at radius 2 is 0.625 bits per heavy atom. The van der Waals surface area contributed by atoms with Crippen LogP contribution in [0, 0.1) is 0 Å². The summed E-state index contributed by atoms with van der Waals surface area (Å²) in [4.78, 5) is 0. The molecule has 0 heterocycles. The second-order valence-corrected chi connectivity index (χ2v) is 16.6. The van der Waals surface area contributed by atoms with Crippen molar-refractivity contribution in [1.82, 2.24) is 0 Å². The molecule has 0 bridgehead atoms. The van der Waals surface area contributed by atoms with E-state index in [0.717, 1.165) is 11.3 Å². The molecule has 0 spiro atoms. The number of halogens is 2. The van der Waals surface area contributed by atoms with Gasteiger partial charge in [0, 0.05) is 17.1 Å². The van der Waals surface area contributed by atoms with Gasteiger partial charge < -0.3 is 0 Å². The Morgan fingerprint density at radius 1 is 0.425 bits per heavy atom. The van der Waals surface area contributed by atoms with E-state index in [1.807, 2.05) is 0 Å². The molecule has 0 N–H and O–H groups in total. The number of hydrogen-bond acceptors (Lipinski definition) is 0. The molecule has 0 unspecified atom stereocenters. The third kappa shape index (κ3) is 10.3. The van der Waals surface area contributed by atoms with E-state index >= 15 is 0 Å². The van der Waals surface area contributed by atoms with Crippen molar-refractivity contribution in [3.8, 4) is 0 Å². The molecule has 0 saturated heterocycles. The summed E-state index contributed by atoms with van der Waals surface area (Å²) in [5.74, 6) is 0. The molecule has 6 rings (SSSR count). The fourth-order valence-electron chi connectivity index (χ4n) is 5.82. The third-order valence-electron chi connectivity index (χ3n) is 7.52. The quantitative estimate of drug-likeness (QED) is 0.139. The average Bonchev–Trinajstić information content (AvgIpc) is 3.72. The molecule has 0 aromatic heterocycles. The van der Waals surface area contributed by atoms with Gasteiger partial charge in [-0.05, 0) is 74.1 Å². The molecule has 4 aromatic rings. The molecule has 2 aliphatic carbocycles. The largest absolute Gasteiger partial charge is 0.0622 e. The van der Waals surface area contributed by atoms with Crippen molar-refractivity contribution in [2.45, 2.75) is 62.7 Å². The summed E-state index contributed by atoms with van der Waals surface area (Å²) in [7, 11) is 9.10. The van der Waals surface area contributed by atoms with Crippen molar-refractivity contribution in [3.63, 3.8) is 0 Å². The van der Waals surface area contributed by atoms with Gasteiger partial charge in [-0.25, -0.2) is 0 Å². The zero-order valence-corrected chi connectivity index (χ0v) is 28.1. The number of rotatable bonds is 6. The number of benzene rings is 4. The first-order valence-electron chi connectivity index (χ1n) is 13.9. The van der Waals surface area contributed by atoms with Gasteiger partial charge in [0.2, 0.25) is 0 Å². The van der Waals surface area contributed by atoms with Crippen LogP contribution in [0.3, 0.4) is 0 Å². The molecular weight excluding hydrogens is 656 g/mol. The third-order valence-corrected chi connectivity index (χ3v) is 13.4. The average molecular weight is 694 g/mol. The summed E-state index contributed by atoms with van der Waals surface area (Å²) in [5.41, 5.74) is 1.79. The van der Waals surface area contributed by atoms with Gasteiger partial charge in [-0.2, -0.15) is 0 Å². The van der Waals surface area contributed by atoms with Crippen molar-refractivity contribution in [2.24, 2.45) is 0 Å². The summed E-state index contributed by atoms with van der Waals surface area (Å²) < 4.78 is 0. The van der Waals surface area contributed by atoms with E-state index in [2.05, 4.69) is 121 Å². The Kier molecular flexibility index (Phi) is 16.5. The van der Waals surface area contributed by atoms with Crippen molar-refractivity contribution in [1.29, 1.82) is 0 Å². The van der Waals surface area contributed by atoms with E-state index in [9.17, 15) is 0 Å². The minimum atomic E-state index is -0.152. The summed E-state index contributed by atoms with van der Waals surface area (Å²) in [5, 5.41) is 6.19. The first-order chi connectivity index (χ1) is 19.3. The van der Waals surface area contributed by atoms with Crippen molar-refractivity contribution < 1.29 is 29.7 Å². The Balaban J connectivity index is 0.000000197. The van der Waals surface area contributed by atoms with Crippen LogP contribution in [-0.2, 0) is 29.7 Å². The van der Waals surface area contributed by atoms with Gasteiger partial charge in [0.05, 0.1) is 0 Å². The molecule has 0 amide bonds. The molecule has 4 aromatic carbocycles. The monoisotopic (exact) mass is 692 g/mol. The summed E-state index contributed by atoms with van der Waals surface area (Å²) in [6.07, 6.45) is 11.3. The summed E-state index contributed by atoms with van der Waals surface area (Å²) in [6.45, 7) is 0. The normalized spacial score (nSPS) is 15.2. The standard InChI is InChI=1S/2C17H19P.2ClH.Fe.Ni/c2*1-3-9-15(10-4-1)18(17-13-7-8-14-17)16-11-5-2-6-12-16;;;;/h2*1-6,9-12,17H,7-8,13-14H2;2*1H;;/q;;;;;+2/p-2. The van der Waals surface area contributed by atoms with Crippen LogP contribution in [0.15, 0.2) is 121 Å². The van der Waals surface area contributed by atoms with Gasteiger partial charge in [0.1, 0.15) is 0 Å². The smallest absolute Gasteiger partial charge is 0 e. The van der Waals surface area contributed by atoms with Gasteiger partial charge >= 0.3 is 33.0 Å². The molecular formula is C34H38Cl2FeNiP2. The maximum Gasteiger partial charge on any atom is 0 e. The molecule has 2 aliphatic rings. The van der Waals surface area contributed by atoms with Crippen LogP contribution in [0.4, 0.5) is 0 Å². The minimum absolute atomic E-state index is 0. The molecule has 0 atom stereocenters. The Bertz CT molecular complexity index is 1000. The fraction of sp³-hybridized carbons (Fsp3) is 0.294. The van der Waals surface area contributed by atoms with Crippen LogP contribution in [0.5, 0.6) is 0 Å². The van der Waals surface area contributed by atoms with E-state index in [1.54, 1.807) is 21.2 Å². The zero-order chi connectivity index (χ0) is 27.1. The van der Waals surface area contributed by atoms with Crippen LogP contribution in [0.25, 0.3) is 0 Å². The van der Waals surface area contributed by atoms with Crippen molar-refractivity contribution in [3.05, 3.63) is 121 Å².